The molecule has 0 spiro atoms. The third-order valence-electron chi connectivity index (χ3n) is 3.72. The number of hydrogen-bond acceptors (Lipinski definition) is 4. The van der Waals surface area contributed by atoms with Crippen LogP contribution in [0.4, 0.5) is 0 Å². The molecule has 120 valence electrons. The van der Waals surface area contributed by atoms with Crippen LogP contribution >= 0.6 is 11.8 Å². The minimum Gasteiger partial charge on any atom is -0.481 e. The zero-order valence-corrected chi connectivity index (χ0v) is 13.5. The van der Waals surface area contributed by atoms with Crippen LogP contribution in [0.2, 0.25) is 0 Å². The predicted octanol–water partition coefficient (Wildman–Crippen LogP) is 2.36. The van der Waals surface area contributed by atoms with Gasteiger partial charge in [0, 0.05) is 30.8 Å². The van der Waals surface area contributed by atoms with Gasteiger partial charge in [-0.05, 0) is 25.0 Å². The predicted molar refractivity (Wildman–Crippen MR) is 85.3 cm³/mol. The highest BCUT2D eigenvalue weighted by atomic mass is 32.2. The standard InChI is InChI=1S/C16H21NO4S/c1-21-9-10-22-14-7-3-2-6-13(14)15(18)17-8-4-5-12(11-17)16(19)20/h2-3,6-7,12H,4-5,8-11H2,1H3,(H,19,20)/t12-/m0/s1. The third-order valence-corrected chi connectivity index (χ3v) is 4.76. The second-order valence-corrected chi connectivity index (χ2v) is 6.40. The van der Waals surface area contributed by atoms with E-state index in [1.165, 1.54) is 0 Å². The van der Waals surface area contributed by atoms with Crippen LogP contribution in [-0.4, -0.2) is 54.4 Å². The molecule has 0 aliphatic carbocycles. The van der Waals surface area contributed by atoms with Crippen molar-refractivity contribution in [1.82, 2.24) is 4.90 Å². The fourth-order valence-corrected chi connectivity index (χ4v) is 3.49. The minimum absolute atomic E-state index is 0.0773. The Balaban J connectivity index is 2.10. The van der Waals surface area contributed by atoms with Gasteiger partial charge in [-0.1, -0.05) is 12.1 Å². The van der Waals surface area contributed by atoms with Crippen LogP contribution in [0.5, 0.6) is 0 Å². The molecule has 1 amide bonds. The van der Waals surface area contributed by atoms with Crippen LogP contribution in [-0.2, 0) is 9.53 Å². The summed E-state index contributed by atoms with van der Waals surface area (Å²) in [5.41, 5.74) is 0.648. The van der Waals surface area contributed by atoms with Gasteiger partial charge in [-0.3, -0.25) is 9.59 Å². The zero-order valence-electron chi connectivity index (χ0n) is 12.7. The Labute approximate surface area is 134 Å². The van der Waals surface area contributed by atoms with Crippen LogP contribution in [0.25, 0.3) is 0 Å². The highest BCUT2D eigenvalue weighted by molar-refractivity contribution is 7.99. The molecule has 0 bridgehead atoms. The van der Waals surface area contributed by atoms with Gasteiger partial charge >= 0.3 is 5.97 Å². The van der Waals surface area contributed by atoms with Crippen LogP contribution in [0.15, 0.2) is 29.2 Å². The number of carboxylic acids is 1. The van der Waals surface area contributed by atoms with Crippen molar-refractivity contribution in [3.8, 4) is 0 Å². The second-order valence-electron chi connectivity index (χ2n) is 5.27. The molecule has 1 atom stereocenters. The van der Waals surface area contributed by atoms with E-state index in [9.17, 15) is 9.59 Å². The second kappa shape index (κ2) is 8.19. The molecule has 6 heteroatoms. The number of methoxy groups -OCH3 is 1. The van der Waals surface area contributed by atoms with Crippen LogP contribution < -0.4 is 0 Å². The van der Waals surface area contributed by atoms with Gasteiger partial charge in [0.15, 0.2) is 0 Å². The molecule has 0 saturated carbocycles. The molecule has 5 nitrogen and oxygen atoms in total. The maximum Gasteiger partial charge on any atom is 0.308 e. The number of thioether (sulfide) groups is 1. The molecule has 1 aromatic rings. The lowest BCUT2D eigenvalue weighted by atomic mass is 9.97. The molecule has 1 N–H and O–H groups in total. The normalized spacial score (nSPS) is 18.2. The van der Waals surface area contributed by atoms with Crippen molar-refractivity contribution in [2.24, 2.45) is 5.92 Å². The topological polar surface area (TPSA) is 66.8 Å². The van der Waals surface area contributed by atoms with Gasteiger partial charge in [0.25, 0.3) is 5.91 Å². The number of ether oxygens (including phenoxy) is 1. The Morgan fingerprint density at radius 3 is 2.91 bits per heavy atom. The third kappa shape index (κ3) is 4.24. The van der Waals surface area contributed by atoms with Crippen molar-refractivity contribution >= 4 is 23.6 Å². The quantitative estimate of drug-likeness (QED) is 0.643. The van der Waals surface area contributed by atoms with Gasteiger partial charge in [0.2, 0.25) is 0 Å². The Bertz CT molecular complexity index is 535. The molecule has 0 aromatic heterocycles. The lowest BCUT2D eigenvalue weighted by Gasteiger charge is -2.31. The molecule has 1 saturated heterocycles. The van der Waals surface area contributed by atoms with E-state index in [1.54, 1.807) is 23.8 Å². The first-order chi connectivity index (χ1) is 10.6. The van der Waals surface area contributed by atoms with Crippen LogP contribution in [0.3, 0.4) is 0 Å². The molecule has 0 unspecified atom stereocenters. The van der Waals surface area contributed by atoms with E-state index >= 15 is 0 Å². The lowest BCUT2D eigenvalue weighted by Crippen LogP contribution is -2.42. The number of piperidine rings is 1. The first kappa shape index (κ1) is 16.8. The summed E-state index contributed by atoms with van der Waals surface area (Å²) < 4.78 is 5.04. The zero-order chi connectivity index (χ0) is 15.9. The molecule has 2 rings (SSSR count). The van der Waals surface area contributed by atoms with Crippen molar-refractivity contribution < 1.29 is 19.4 Å². The maximum atomic E-state index is 12.7. The lowest BCUT2D eigenvalue weighted by molar-refractivity contribution is -0.143. The smallest absolute Gasteiger partial charge is 0.308 e. The first-order valence-corrected chi connectivity index (χ1v) is 8.35. The van der Waals surface area contributed by atoms with E-state index in [0.717, 1.165) is 17.1 Å². The van der Waals surface area contributed by atoms with E-state index < -0.39 is 11.9 Å². The Kier molecular flexibility index (Phi) is 6.27. The van der Waals surface area contributed by atoms with Gasteiger partial charge in [-0.15, -0.1) is 11.8 Å². The van der Waals surface area contributed by atoms with Crippen LogP contribution in [0.1, 0.15) is 23.2 Å². The van der Waals surface area contributed by atoms with E-state index in [1.807, 2.05) is 24.3 Å². The van der Waals surface area contributed by atoms with E-state index in [2.05, 4.69) is 0 Å². The maximum absolute atomic E-state index is 12.7. The summed E-state index contributed by atoms with van der Waals surface area (Å²) in [7, 11) is 1.65. The Hall–Kier alpha value is -1.53. The molecular weight excluding hydrogens is 302 g/mol. The number of aliphatic carboxylic acids is 1. The van der Waals surface area contributed by atoms with Gasteiger partial charge < -0.3 is 14.7 Å². The molecule has 1 aromatic carbocycles. The minimum atomic E-state index is -0.819. The molecule has 0 radical (unpaired) electrons. The number of benzene rings is 1. The number of amides is 1. The summed E-state index contributed by atoms with van der Waals surface area (Å²) >= 11 is 1.58. The Morgan fingerprint density at radius 1 is 1.41 bits per heavy atom. The van der Waals surface area contributed by atoms with Crippen molar-refractivity contribution in [1.29, 1.82) is 0 Å². The number of hydrogen-bond donors (Lipinski definition) is 1. The first-order valence-electron chi connectivity index (χ1n) is 7.36. The Morgan fingerprint density at radius 2 is 2.18 bits per heavy atom. The number of nitrogens with zero attached hydrogens (tertiary/aromatic N) is 1. The highest BCUT2D eigenvalue weighted by Gasteiger charge is 2.29. The number of likely N-dealkylation sites (tertiary alicyclic amines) is 1. The fraction of sp³-hybridized carbons (Fsp3) is 0.500. The average molecular weight is 323 g/mol. The number of carboxylic acid groups (broad SMARTS) is 1. The van der Waals surface area contributed by atoms with Crippen LogP contribution in [0, 0.1) is 5.92 Å². The van der Waals surface area contributed by atoms with Gasteiger partial charge in [0.1, 0.15) is 0 Å². The fourth-order valence-electron chi connectivity index (χ4n) is 2.54. The molecule has 1 aliphatic heterocycles. The largest absolute Gasteiger partial charge is 0.481 e. The van der Waals surface area contributed by atoms with E-state index in [4.69, 9.17) is 9.84 Å². The number of rotatable bonds is 6. The van der Waals surface area contributed by atoms with Gasteiger partial charge in [-0.25, -0.2) is 0 Å². The molecule has 1 heterocycles. The van der Waals surface area contributed by atoms with Crippen molar-refractivity contribution in [3.63, 3.8) is 0 Å². The number of carbonyl (C=O) groups is 2. The van der Waals surface area contributed by atoms with Crippen molar-refractivity contribution in [2.75, 3.05) is 32.6 Å². The summed E-state index contributed by atoms with van der Waals surface area (Å²) in [6, 6.07) is 7.47. The molecule has 1 aliphatic rings. The molecule has 22 heavy (non-hydrogen) atoms. The highest BCUT2D eigenvalue weighted by Crippen LogP contribution is 2.26. The SMILES string of the molecule is COCCSc1ccccc1C(=O)N1CCC[C@H](C(=O)O)C1. The number of carbonyl (C=O) groups excluding carboxylic acids is 1. The van der Waals surface area contributed by atoms with E-state index in [0.29, 0.717) is 31.7 Å². The summed E-state index contributed by atoms with van der Waals surface area (Å²) in [5.74, 6) is -0.573. The average Bonchev–Trinajstić information content (AvgIpc) is 2.55. The van der Waals surface area contributed by atoms with Crippen molar-refractivity contribution in [2.45, 2.75) is 17.7 Å². The molecule has 1 fully saturated rings. The summed E-state index contributed by atoms with van der Waals surface area (Å²) in [6.45, 7) is 1.54. The summed E-state index contributed by atoms with van der Waals surface area (Å²) in [4.78, 5) is 26.4. The molecular formula is C16H21NO4S. The van der Waals surface area contributed by atoms with E-state index in [-0.39, 0.29) is 5.91 Å². The van der Waals surface area contributed by atoms with Gasteiger partial charge in [0.05, 0.1) is 18.1 Å². The monoisotopic (exact) mass is 323 g/mol. The van der Waals surface area contributed by atoms with Crippen molar-refractivity contribution in [3.05, 3.63) is 29.8 Å². The summed E-state index contributed by atoms with van der Waals surface area (Å²) in [5, 5.41) is 9.15. The van der Waals surface area contributed by atoms with Gasteiger partial charge in [-0.2, -0.15) is 0 Å². The summed E-state index contributed by atoms with van der Waals surface area (Å²) in [6.07, 6.45) is 1.38.